The third kappa shape index (κ3) is 1.61. The molecular formula is C14H15N3O. The van der Waals surface area contributed by atoms with Crippen molar-refractivity contribution < 1.29 is 4.79 Å². The van der Waals surface area contributed by atoms with Crippen LogP contribution >= 0.6 is 0 Å². The normalized spacial score (nSPS) is 20.3. The van der Waals surface area contributed by atoms with Crippen molar-refractivity contribution >= 4 is 22.5 Å². The molecule has 92 valence electrons. The van der Waals surface area contributed by atoms with Crippen LogP contribution in [0.3, 0.4) is 0 Å². The van der Waals surface area contributed by atoms with Gasteiger partial charge in [-0.15, -0.1) is 0 Å². The summed E-state index contributed by atoms with van der Waals surface area (Å²) in [7, 11) is 1.72. The molecule has 1 unspecified atom stereocenters. The lowest BCUT2D eigenvalue weighted by molar-refractivity contribution is -0.132. The number of fused-ring (bicyclic) bond motifs is 1. The van der Waals surface area contributed by atoms with Crippen LogP contribution in [0, 0.1) is 0 Å². The summed E-state index contributed by atoms with van der Waals surface area (Å²) in [5, 5.41) is 6.77. The van der Waals surface area contributed by atoms with Gasteiger partial charge in [-0.2, -0.15) is 5.10 Å². The highest BCUT2D eigenvalue weighted by Crippen LogP contribution is 2.31. The van der Waals surface area contributed by atoms with Gasteiger partial charge in [-0.3, -0.25) is 4.79 Å². The van der Waals surface area contributed by atoms with Crippen molar-refractivity contribution in [3.05, 3.63) is 36.0 Å². The van der Waals surface area contributed by atoms with Crippen LogP contribution in [0.1, 0.15) is 24.8 Å². The summed E-state index contributed by atoms with van der Waals surface area (Å²) in [4.78, 5) is 15.4. The lowest BCUT2D eigenvalue weighted by Gasteiger charge is -2.25. The summed E-state index contributed by atoms with van der Waals surface area (Å²) in [5.41, 5.74) is 3.13. The van der Waals surface area contributed by atoms with Crippen LogP contribution < -0.4 is 0 Å². The molecule has 3 rings (SSSR count). The molecule has 4 nitrogen and oxygen atoms in total. The van der Waals surface area contributed by atoms with E-state index in [1.807, 2.05) is 31.3 Å². The number of H-pyrrole nitrogens is 1. The number of aromatic nitrogens is 1. The molecule has 0 fully saturated rings. The van der Waals surface area contributed by atoms with Gasteiger partial charge in [0.2, 0.25) is 5.91 Å². The zero-order valence-corrected chi connectivity index (χ0v) is 10.5. The molecular weight excluding hydrogens is 226 g/mol. The Morgan fingerprint density at radius 2 is 2.17 bits per heavy atom. The summed E-state index contributed by atoms with van der Waals surface area (Å²) in [6, 6.07) is 8.06. The van der Waals surface area contributed by atoms with Gasteiger partial charge in [-0.1, -0.05) is 18.2 Å². The SMILES string of the molecule is CC1=NN(C)C(=O)C(c2c[nH]c3ccccc23)C1. The highest BCUT2D eigenvalue weighted by Gasteiger charge is 2.30. The molecule has 1 amide bonds. The van der Waals surface area contributed by atoms with Gasteiger partial charge in [0.05, 0.1) is 5.92 Å². The van der Waals surface area contributed by atoms with E-state index >= 15 is 0 Å². The molecule has 4 heteroatoms. The minimum Gasteiger partial charge on any atom is -0.361 e. The number of aromatic amines is 1. The molecule has 18 heavy (non-hydrogen) atoms. The molecule has 1 atom stereocenters. The number of hydrogen-bond acceptors (Lipinski definition) is 2. The van der Waals surface area contributed by atoms with Crippen LogP contribution in [0.4, 0.5) is 0 Å². The Morgan fingerprint density at radius 3 is 3.00 bits per heavy atom. The molecule has 0 bridgehead atoms. The second-order valence-corrected chi connectivity index (χ2v) is 4.74. The Morgan fingerprint density at radius 1 is 1.39 bits per heavy atom. The number of para-hydroxylation sites is 1. The molecule has 1 aliphatic rings. The zero-order chi connectivity index (χ0) is 12.7. The number of hydrogen-bond donors (Lipinski definition) is 1. The highest BCUT2D eigenvalue weighted by atomic mass is 16.2. The molecule has 0 saturated carbocycles. The van der Waals surface area contributed by atoms with Gasteiger partial charge in [-0.05, 0) is 18.6 Å². The van der Waals surface area contributed by atoms with Crippen LogP contribution in [0.25, 0.3) is 10.9 Å². The Bertz CT molecular complexity index is 641. The van der Waals surface area contributed by atoms with E-state index in [4.69, 9.17) is 0 Å². The van der Waals surface area contributed by atoms with Crippen molar-refractivity contribution in [2.45, 2.75) is 19.3 Å². The van der Waals surface area contributed by atoms with E-state index in [1.54, 1.807) is 7.05 Å². The maximum Gasteiger partial charge on any atom is 0.250 e. The molecule has 1 aromatic carbocycles. The summed E-state index contributed by atoms with van der Waals surface area (Å²) >= 11 is 0. The summed E-state index contributed by atoms with van der Waals surface area (Å²) in [6.07, 6.45) is 2.64. The Balaban J connectivity index is 2.10. The number of carbonyl (C=O) groups excluding carboxylic acids is 1. The first-order chi connectivity index (χ1) is 8.66. The van der Waals surface area contributed by atoms with E-state index in [1.165, 1.54) is 5.01 Å². The zero-order valence-electron chi connectivity index (χ0n) is 10.5. The van der Waals surface area contributed by atoms with Crippen LogP contribution in [-0.4, -0.2) is 28.7 Å². The third-order valence-corrected chi connectivity index (χ3v) is 3.43. The monoisotopic (exact) mass is 241 g/mol. The van der Waals surface area contributed by atoms with Crippen molar-refractivity contribution in [1.29, 1.82) is 0 Å². The first-order valence-corrected chi connectivity index (χ1v) is 6.04. The van der Waals surface area contributed by atoms with Gasteiger partial charge in [-0.25, -0.2) is 5.01 Å². The lowest BCUT2D eigenvalue weighted by Crippen LogP contribution is -2.33. The molecule has 1 N–H and O–H groups in total. The lowest BCUT2D eigenvalue weighted by atomic mass is 9.91. The van der Waals surface area contributed by atoms with Crippen molar-refractivity contribution in [3.8, 4) is 0 Å². The van der Waals surface area contributed by atoms with E-state index in [-0.39, 0.29) is 11.8 Å². The van der Waals surface area contributed by atoms with Crippen molar-refractivity contribution in [1.82, 2.24) is 9.99 Å². The first-order valence-electron chi connectivity index (χ1n) is 6.04. The molecule has 1 aromatic heterocycles. The largest absolute Gasteiger partial charge is 0.361 e. The molecule has 0 spiro atoms. The van der Waals surface area contributed by atoms with Gasteiger partial charge in [0.15, 0.2) is 0 Å². The fourth-order valence-electron chi connectivity index (χ4n) is 2.58. The molecule has 1 aliphatic heterocycles. The quantitative estimate of drug-likeness (QED) is 0.819. The average Bonchev–Trinajstić information content (AvgIpc) is 2.77. The number of benzene rings is 1. The van der Waals surface area contributed by atoms with Gasteiger partial charge in [0.1, 0.15) is 0 Å². The third-order valence-electron chi connectivity index (χ3n) is 3.43. The van der Waals surface area contributed by atoms with E-state index in [9.17, 15) is 4.79 Å². The van der Waals surface area contributed by atoms with E-state index in [0.29, 0.717) is 6.42 Å². The van der Waals surface area contributed by atoms with Crippen molar-refractivity contribution in [2.24, 2.45) is 5.10 Å². The number of rotatable bonds is 1. The minimum absolute atomic E-state index is 0.0605. The molecule has 2 aromatic rings. The Kier molecular flexibility index (Phi) is 2.44. The maximum atomic E-state index is 12.2. The average molecular weight is 241 g/mol. The van der Waals surface area contributed by atoms with E-state index < -0.39 is 0 Å². The Labute approximate surface area is 105 Å². The number of likely N-dealkylation sites (N-methyl/N-ethyl adjacent to an activating group) is 1. The van der Waals surface area contributed by atoms with E-state index in [2.05, 4.69) is 16.2 Å². The maximum absolute atomic E-state index is 12.2. The Hall–Kier alpha value is -2.10. The molecule has 0 saturated heterocycles. The number of amides is 1. The number of carbonyl (C=O) groups is 1. The molecule has 0 radical (unpaired) electrons. The van der Waals surface area contributed by atoms with Crippen LogP contribution in [0.2, 0.25) is 0 Å². The van der Waals surface area contributed by atoms with E-state index in [0.717, 1.165) is 22.2 Å². The highest BCUT2D eigenvalue weighted by molar-refractivity contribution is 5.98. The fraction of sp³-hybridized carbons (Fsp3) is 0.286. The fourth-order valence-corrected chi connectivity index (χ4v) is 2.58. The van der Waals surface area contributed by atoms with Gasteiger partial charge in [0.25, 0.3) is 0 Å². The predicted molar refractivity (Wildman–Crippen MR) is 71.5 cm³/mol. The number of hydrazone groups is 1. The second-order valence-electron chi connectivity index (χ2n) is 4.74. The summed E-state index contributed by atoms with van der Waals surface area (Å²) in [6.45, 7) is 1.96. The van der Waals surface area contributed by atoms with Crippen LogP contribution in [-0.2, 0) is 4.79 Å². The second kappa shape index (κ2) is 3.98. The molecule has 2 heterocycles. The van der Waals surface area contributed by atoms with Crippen molar-refractivity contribution in [3.63, 3.8) is 0 Å². The topological polar surface area (TPSA) is 48.5 Å². The van der Waals surface area contributed by atoms with Gasteiger partial charge in [0, 0.05) is 36.3 Å². The number of nitrogens with one attached hydrogen (secondary N) is 1. The number of nitrogens with zero attached hydrogens (tertiary/aromatic N) is 2. The van der Waals surface area contributed by atoms with Gasteiger partial charge < -0.3 is 4.98 Å². The minimum atomic E-state index is -0.122. The standard InChI is InChI=1S/C14H15N3O/c1-9-7-11(14(18)17(2)16-9)12-8-15-13-6-4-3-5-10(12)13/h3-6,8,11,15H,7H2,1-2H3. The summed E-state index contributed by atoms with van der Waals surface area (Å²) < 4.78 is 0. The smallest absolute Gasteiger partial charge is 0.250 e. The van der Waals surface area contributed by atoms with Crippen LogP contribution in [0.15, 0.2) is 35.6 Å². The van der Waals surface area contributed by atoms with Gasteiger partial charge >= 0.3 is 0 Å². The van der Waals surface area contributed by atoms with Crippen molar-refractivity contribution in [2.75, 3.05) is 7.05 Å². The molecule has 0 aliphatic carbocycles. The van der Waals surface area contributed by atoms with Crippen LogP contribution in [0.5, 0.6) is 0 Å². The summed E-state index contributed by atoms with van der Waals surface area (Å²) in [5.74, 6) is -0.0611. The first kappa shape index (κ1) is 11.0. The predicted octanol–water partition coefficient (Wildman–Crippen LogP) is 2.49.